The van der Waals surface area contributed by atoms with E-state index in [1.165, 1.54) is 16.9 Å². The summed E-state index contributed by atoms with van der Waals surface area (Å²) in [6, 6.07) is 26.3. The predicted molar refractivity (Wildman–Crippen MR) is 208 cm³/mol. The molecule has 7 heteroatoms. The van der Waals surface area contributed by atoms with Crippen LogP contribution in [0.3, 0.4) is 0 Å². The van der Waals surface area contributed by atoms with Gasteiger partial charge in [0.1, 0.15) is 0 Å². The van der Waals surface area contributed by atoms with Crippen molar-refractivity contribution in [1.82, 2.24) is 4.90 Å². The first-order valence-electron chi connectivity index (χ1n) is 18.8. The van der Waals surface area contributed by atoms with Gasteiger partial charge in [0.2, 0.25) is 5.78 Å². The molecule has 0 saturated heterocycles. The molecule has 0 unspecified atom stereocenters. The van der Waals surface area contributed by atoms with Crippen LogP contribution in [-0.4, -0.2) is 70.1 Å². The number of benzene rings is 3. The summed E-state index contributed by atoms with van der Waals surface area (Å²) >= 11 is 1.53. The van der Waals surface area contributed by atoms with Gasteiger partial charge in [0.15, 0.2) is 0 Å². The molecule has 7 rings (SSSR count). The van der Waals surface area contributed by atoms with Crippen molar-refractivity contribution in [3.05, 3.63) is 118 Å². The van der Waals surface area contributed by atoms with Crippen LogP contribution in [0.2, 0.25) is 0 Å². The van der Waals surface area contributed by atoms with Gasteiger partial charge in [0, 0.05) is 28.8 Å². The van der Waals surface area contributed by atoms with Crippen LogP contribution in [-0.2, 0) is 17.8 Å². The van der Waals surface area contributed by atoms with E-state index in [1.807, 2.05) is 60.7 Å². The van der Waals surface area contributed by atoms with Crippen LogP contribution in [0.5, 0.6) is 0 Å². The molecule has 272 valence electrons. The third kappa shape index (κ3) is 8.73. The zero-order chi connectivity index (χ0) is 36.0. The lowest BCUT2D eigenvalue weighted by Gasteiger charge is -2.46. The molecule has 3 aromatic carbocycles. The number of fused-ring (bicyclic) bond motifs is 9. The maximum atomic E-state index is 14.5. The van der Waals surface area contributed by atoms with E-state index in [0.29, 0.717) is 49.4 Å². The Bertz CT molecular complexity index is 1770. The van der Waals surface area contributed by atoms with Gasteiger partial charge in [-0.25, -0.2) is 0 Å². The number of rotatable bonds is 12. The molecule has 0 radical (unpaired) electrons. The first kappa shape index (κ1) is 37.6. The summed E-state index contributed by atoms with van der Waals surface area (Å²) in [5, 5.41) is 36.0. The van der Waals surface area contributed by atoms with E-state index >= 15 is 0 Å². The quantitative estimate of drug-likeness (QED) is 0.101. The molecule has 5 atom stereocenters. The minimum Gasteiger partial charge on any atom is -0.393 e. The highest BCUT2D eigenvalue weighted by atomic mass is 32.1. The fraction of sp³-hybridized carbons (Fsp3) is 0.477. The van der Waals surface area contributed by atoms with Gasteiger partial charge in [0.25, 0.3) is 0 Å². The van der Waals surface area contributed by atoms with Gasteiger partial charge in [-0.2, -0.15) is 0 Å². The van der Waals surface area contributed by atoms with Gasteiger partial charge >= 0.3 is 0 Å². The first-order chi connectivity index (χ1) is 24.6. The van der Waals surface area contributed by atoms with Gasteiger partial charge in [0.05, 0.1) is 35.9 Å². The van der Waals surface area contributed by atoms with E-state index in [1.54, 1.807) is 0 Å². The number of hydrogen-bond acceptors (Lipinski definition) is 7. The lowest BCUT2D eigenvalue weighted by molar-refractivity contribution is -0.0906. The topological polar surface area (TPSA) is 90.2 Å². The van der Waals surface area contributed by atoms with E-state index in [2.05, 4.69) is 49.9 Å². The molecule has 1 aromatic heterocycles. The van der Waals surface area contributed by atoms with Crippen molar-refractivity contribution in [2.45, 2.75) is 102 Å². The van der Waals surface area contributed by atoms with Crippen LogP contribution in [0.1, 0.15) is 104 Å². The fourth-order valence-corrected chi connectivity index (χ4v) is 9.60. The van der Waals surface area contributed by atoms with Crippen molar-refractivity contribution >= 4 is 27.2 Å². The maximum Gasteiger partial charge on any atom is 0.203 e. The molecule has 4 aromatic rings. The Hall–Kier alpha value is -3.17. The number of aliphatic hydroxyl groups is 3. The number of nitrogens with zero attached hydrogens (tertiary/aromatic N) is 1. The Morgan fingerprint density at radius 1 is 1.04 bits per heavy atom. The third-order valence-electron chi connectivity index (χ3n) is 11.5. The number of carbonyl (C=O) groups excluding carboxylic acids is 1. The van der Waals surface area contributed by atoms with Crippen molar-refractivity contribution in [1.29, 1.82) is 0 Å². The third-order valence-corrected chi connectivity index (χ3v) is 12.6. The van der Waals surface area contributed by atoms with Gasteiger partial charge < -0.3 is 20.1 Å². The van der Waals surface area contributed by atoms with Crippen LogP contribution >= 0.6 is 11.3 Å². The Labute approximate surface area is 307 Å². The molecular weight excluding hydrogens is 655 g/mol. The number of ketones is 1. The number of allylic oxidation sites excluding steroid dienone is 2. The smallest absolute Gasteiger partial charge is 0.203 e. The lowest BCUT2D eigenvalue weighted by atomic mass is 9.64. The fourth-order valence-electron chi connectivity index (χ4n) is 8.58. The van der Waals surface area contributed by atoms with E-state index in [0.717, 1.165) is 65.4 Å². The molecule has 1 saturated carbocycles. The van der Waals surface area contributed by atoms with E-state index in [4.69, 9.17) is 4.74 Å². The molecule has 3 N–H and O–H groups in total. The molecule has 1 heterocycles. The summed E-state index contributed by atoms with van der Waals surface area (Å²) in [5.74, 6) is -0.0385. The lowest BCUT2D eigenvalue weighted by Crippen LogP contribution is -2.54. The molecule has 0 amide bonds. The molecule has 2 bridgehead atoms. The second-order valence-corrected chi connectivity index (χ2v) is 16.4. The van der Waals surface area contributed by atoms with E-state index in [9.17, 15) is 20.1 Å². The van der Waals surface area contributed by atoms with Gasteiger partial charge in [-0.1, -0.05) is 86.2 Å². The normalized spacial score (nSPS) is 24.7. The summed E-state index contributed by atoms with van der Waals surface area (Å²) in [4.78, 5) is 17.5. The predicted octanol–water partition coefficient (Wildman–Crippen LogP) is 8.46. The Morgan fingerprint density at radius 3 is 2.61 bits per heavy atom. The number of ether oxygens (including phenoxy) is 1. The highest BCUT2D eigenvalue weighted by molar-refractivity contribution is 7.21. The minimum absolute atomic E-state index is 0.00870. The highest BCUT2D eigenvalue weighted by Gasteiger charge is 2.57. The van der Waals surface area contributed by atoms with Crippen molar-refractivity contribution in [2.75, 3.05) is 26.2 Å². The average molecular weight is 710 g/mol. The molecule has 3 aliphatic rings. The van der Waals surface area contributed by atoms with Crippen molar-refractivity contribution in [2.24, 2.45) is 5.41 Å². The highest BCUT2D eigenvalue weighted by Crippen LogP contribution is 2.59. The summed E-state index contributed by atoms with van der Waals surface area (Å²) in [7, 11) is 0. The van der Waals surface area contributed by atoms with E-state index < -0.39 is 23.2 Å². The monoisotopic (exact) mass is 709 g/mol. The molecule has 0 spiro atoms. The van der Waals surface area contributed by atoms with Crippen LogP contribution < -0.4 is 0 Å². The summed E-state index contributed by atoms with van der Waals surface area (Å²) in [6.45, 7) is 8.78. The van der Waals surface area contributed by atoms with E-state index in [-0.39, 0.29) is 18.3 Å². The standard InChI is InChI=1S/C44H55NO5S/c1-4-23-45(27-36(47)29-50-28-32-12-6-5-7-13-32)30-44(49)22-20-39-37-19-17-33(24-35(46)18-16-31(2)11-10-21-43(39,44)3)25-38(37)42(48)41-26-34-14-8-9-15-40(34)51-41/h5-9,11-15,17,19,25-26,35-36,39,46-47,49H,4,10,16,18,20-24,27-30H2,1-3H3/t35-,36+,39-,43-,44+/m0/s1. The van der Waals surface area contributed by atoms with Crippen LogP contribution in [0.25, 0.3) is 10.1 Å². The first-order valence-corrected chi connectivity index (χ1v) is 19.6. The molecule has 3 aliphatic carbocycles. The Kier molecular flexibility index (Phi) is 12.3. The Balaban J connectivity index is 1.31. The second kappa shape index (κ2) is 16.7. The van der Waals surface area contributed by atoms with Crippen LogP contribution in [0.15, 0.2) is 90.5 Å². The zero-order valence-corrected chi connectivity index (χ0v) is 31.3. The summed E-state index contributed by atoms with van der Waals surface area (Å²) in [5.41, 5.74) is 3.39. The van der Waals surface area contributed by atoms with Crippen LogP contribution in [0.4, 0.5) is 0 Å². The molecule has 6 nitrogen and oxygen atoms in total. The average Bonchev–Trinajstić information content (AvgIpc) is 3.66. The van der Waals surface area contributed by atoms with Crippen molar-refractivity contribution < 1.29 is 24.9 Å². The summed E-state index contributed by atoms with van der Waals surface area (Å²) < 4.78 is 6.97. The van der Waals surface area contributed by atoms with Gasteiger partial charge in [-0.05, 0) is 111 Å². The largest absolute Gasteiger partial charge is 0.393 e. The van der Waals surface area contributed by atoms with Gasteiger partial charge in [-0.15, -0.1) is 11.3 Å². The molecule has 1 fully saturated rings. The number of aliphatic hydroxyl groups excluding tert-OH is 2. The molecule has 51 heavy (non-hydrogen) atoms. The van der Waals surface area contributed by atoms with Gasteiger partial charge in [-0.3, -0.25) is 9.69 Å². The van der Waals surface area contributed by atoms with Crippen LogP contribution in [0, 0.1) is 5.41 Å². The number of carbonyl (C=O) groups is 1. The second-order valence-electron chi connectivity index (χ2n) is 15.3. The van der Waals surface area contributed by atoms with Crippen molar-refractivity contribution in [3.8, 4) is 0 Å². The minimum atomic E-state index is -1.04. The van der Waals surface area contributed by atoms with Crippen molar-refractivity contribution in [3.63, 3.8) is 0 Å². The molecular formula is C44H55NO5S. The number of thiophene rings is 1. The molecule has 0 aliphatic heterocycles. The Morgan fingerprint density at radius 2 is 1.82 bits per heavy atom. The SMILES string of the molecule is CCCN(C[C@@H](O)COCc1ccccc1)C[C@]1(O)CC[C@H]2c3ccc(cc3C(=O)c3cc4ccccc4s3)C[C@@H](O)CCC(C)=CCC[C@@]21C. The maximum absolute atomic E-state index is 14.5. The zero-order valence-electron chi connectivity index (χ0n) is 30.5. The summed E-state index contributed by atoms with van der Waals surface area (Å²) in [6.07, 6.45) is 6.91. The number of hydrogen-bond donors (Lipinski definition) is 3.